The van der Waals surface area contributed by atoms with Crippen LogP contribution in [0.2, 0.25) is 5.02 Å². The molecule has 1 atom stereocenters. The minimum atomic E-state index is -0.590. The van der Waals surface area contributed by atoms with Crippen LogP contribution in [-0.2, 0) is 6.54 Å². The van der Waals surface area contributed by atoms with Gasteiger partial charge in [0.2, 0.25) is 0 Å². The molecule has 0 aliphatic carbocycles. The van der Waals surface area contributed by atoms with Gasteiger partial charge in [-0.05, 0) is 24.6 Å². The molecule has 19 heavy (non-hydrogen) atoms. The quantitative estimate of drug-likeness (QED) is 0.651. The van der Waals surface area contributed by atoms with Crippen LogP contribution < -0.4 is 11.3 Å². The maximum absolute atomic E-state index is 13.9. The summed E-state index contributed by atoms with van der Waals surface area (Å²) in [7, 11) is 0. The molecule has 0 saturated carbocycles. The highest BCUT2D eigenvalue weighted by Crippen LogP contribution is 2.25. The monoisotopic (exact) mass is 283 g/mol. The molecular formula is C12H15ClFN5. The number of benzene rings is 1. The molecule has 0 bridgehead atoms. The Kier molecular flexibility index (Phi) is 4.47. The topological polar surface area (TPSA) is 68.8 Å². The van der Waals surface area contributed by atoms with E-state index >= 15 is 0 Å². The predicted molar refractivity (Wildman–Crippen MR) is 70.9 cm³/mol. The first-order chi connectivity index (χ1) is 9.17. The number of rotatable bonds is 5. The molecule has 1 aromatic carbocycles. The van der Waals surface area contributed by atoms with Gasteiger partial charge < -0.3 is 0 Å². The van der Waals surface area contributed by atoms with Crippen molar-refractivity contribution >= 4 is 11.6 Å². The fourth-order valence-corrected chi connectivity index (χ4v) is 2.10. The molecule has 1 heterocycles. The number of nitrogens with two attached hydrogens (primary N) is 1. The Labute approximate surface area is 115 Å². The highest BCUT2D eigenvalue weighted by atomic mass is 35.5. The second kappa shape index (κ2) is 6.10. The molecule has 0 saturated heterocycles. The van der Waals surface area contributed by atoms with E-state index in [0.717, 1.165) is 6.42 Å². The van der Waals surface area contributed by atoms with Crippen molar-refractivity contribution in [2.24, 2.45) is 5.84 Å². The third-order valence-electron chi connectivity index (χ3n) is 2.77. The number of aryl methyl sites for hydroxylation is 1. The summed E-state index contributed by atoms with van der Waals surface area (Å²) < 4.78 is 15.6. The van der Waals surface area contributed by atoms with E-state index in [4.69, 9.17) is 17.4 Å². The minimum Gasteiger partial charge on any atom is -0.270 e. The Bertz CT molecular complexity index is 557. The van der Waals surface area contributed by atoms with Crippen LogP contribution in [0.3, 0.4) is 0 Å². The number of hydrazine groups is 1. The highest BCUT2D eigenvalue weighted by molar-refractivity contribution is 6.30. The lowest BCUT2D eigenvalue weighted by molar-refractivity contribution is 0.493. The molecule has 2 rings (SSSR count). The van der Waals surface area contributed by atoms with Crippen LogP contribution in [0, 0.1) is 5.82 Å². The van der Waals surface area contributed by atoms with Crippen LogP contribution in [0.4, 0.5) is 4.39 Å². The van der Waals surface area contributed by atoms with Crippen LogP contribution in [-0.4, -0.2) is 14.8 Å². The Morgan fingerprint density at radius 1 is 1.53 bits per heavy atom. The molecule has 2 aromatic rings. The van der Waals surface area contributed by atoms with Gasteiger partial charge in [0.25, 0.3) is 0 Å². The molecule has 102 valence electrons. The van der Waals surface area contributed by atoms with E-state index in [1.165, 1.54) is 24.5 Å². The van der Waals surface area contributed by atoms with Gasteiger partial charge in [-0.2, -0.15) is 5.10 Å². The number of halogens is 2. The van der Waals surface area contributed by atoms with Crippen molar-refractivity contribution in [2.75, 3.05) is 0 Å². The summed E-state index contributed by atoms with van der Waals surface area (Å²) in [6.07, 6.45) is 2.32. The van der Waals surface area contributed by atoms with Crippen molar-refractivity contribution in [3.63, 3.8) is 0 Å². The largest absolute Gasteiger partial charge is 0.270 e. The van der Waals surface area contributed by atoms with Gasteiger partial charge in [0.15, 0.2) is 0 Å². The zero-order valence-corrected chi connectivity index (χ0v) is 11.2. The van der Waals surface area contributed by atoms with Crippen molar-refractivity contribution in [3.05, 3.63) is 46.8 Å². The van der Waals surface area contributed by atoms with Crippen molar-refractivity contribution in [2.45, 2.75) is 25.9 Å². The average molecular weight is 284 g/mol. The first-order valence-corrected chi connectivity index (χ1v) is 6.34. The van der Waals surface area contributed by atoms with Gasteiger partial charge in [0.1, 0.15) is 24.0 Å². The van der Waals surface area contributed by atoms with Crippen molar-refractivity contribution in [3.8, 4) is 0 Å². The van der Waals surface area contributed by atoms with Gasteiger partial charge in [-0.1, -0.05) is 18.5 Å². The van der Waals surface area contributed by atoms with Gasteiger partial charge in [-0.25, -0.2) is 19.5 Å². The zero-order valence-electron chi connectivity index (χ0n) is 10.5. The second-order valence-electron chi connectivity index (χ2n) is 4.11. The minimum absolute atomic E-state index is 0.348. The predicted octanol–water partition coefficient (Wildman–Crippen LogP) is 2.03. The standard InChI is InChI=1S/C12H15ClFN5/c1-2-5-19-12(16-7-17-19)11(18-15)9-6-8(13)3-4-10(9)14/h3-4,6-7,11,18H,2,5,15H2,1H3. The fraction of sp³-hybridized carbons (Fsp3) is 0.333. The Morgan fingerprint density at radius 3 is 3.00 bits per heavy atom. The van der Waals surface area contributed by atoms with Crippen LogP contribution in [0.5, 0.6) is 0 Å². The Morgan fingerprint density at radius 2 is 2.32 bits per heavy atom. The molecule has 3 N–H and O–H groups in total. The maximum atomic E-state index is 13.9. The summed E-state index contributed by atoms with van der Waals surface area (Å²) in [6.45, 7) is 2.71. The summed E-state index contributed by atoms with van der Waals surface area (Å²) in [5.41, 5.74) is 2.91. The molecule has 0 aliphatic heterocycles. The lowest BCUT2D eigenvalue weighted by atomic mass is 10.1. The molecule has 1 unspecified atom stereocenters. The van der Waals surface area contributed by atoms with Crippen molar-refractivity contribution < 1.29 is 4.39 Å². The van der Waals surface area contributed by atoms with E-state index in [0.29, 0.717) is 23.0 Å². The fourth-order valence-electron chi connectivity index (χ4n) is 1.92. The van der Waals surface area contributed by atoms with E-state index in [1.807, 2.05) is 6.92 Å². The summed E-state index contributed by atoms with van der Waals surface area (Å²) in [6, 6.07) is 3.74. The lowest BCUT2D eigenvalue weighted by Gasteiger charge is -2.17. The number of hydrogen-bond donors (Lipinski definition) is 2. The molecule has 1 aromatic heterocycles. The highest BCUT2D eigenvalue weighted by Gasteiger charge is 2.22. The van der Waals surface area contributed by atoms with Gasteiger partial charge in [-0.15, -0.1) is 0 Å². The molecule has 5 nitrogen and oxygen atoms in total. The van der Waals surface area contributed by atoms with E-state index in [-0.39, 0.29) is 0 Å². The first-order valence-electron chi connectivity index (χ1n) is 5.96. The number of hydrogen-bond acceptors (Lipinski definition) is 4. The average Bonchev–Trinajstić information content (AvgIpc) is 2.83. The zero-order chi connectivity index (χ0) is 13.8. The number of nitrogens with one attached hydrogen (secondary N) is 1. The molecular weight excluding hydrogens is 269 g/mol. The summed E-state index contributed by atoms with van der Waals surface area (Å²) >= 11 is 5.90. The van der Waals surface area contributed by atoms with Crippen molar-refractivity contribution in [1.82, 2.24) is 20.2 Å². The van der Waals surface area contributed by atoms with Gasteiger partial charge in [0.05, 0.1) is 0 Å². The summed E-state index contributed by atoms with van der Waals surface area (Å²) in [4.78, 5) is 4.15. The normalized spacial score (nSPS) is 12.6. The van der Waals surface area contributed by atoms with Gasteiger partial charge >= 0.3 is 0 Å². The number of aromatic nitrogens is 3. The molecule has 0 radical (unpaired) electrons. The summed E-state index contributed by atoms with van der Waals surface area (Å²) in [5.74, 6) is 5.71. The van der Waals surface area contributed by atoms with Crippen LogP contribution in [0.25, 0.3) is 0 Å². The van der Waals surface area contributed by atoms with E-state index < -0.39 is 11.9 Å². The molecule has 7 heteroatoms. The second-order valence-corrected chi connectivity index (χ2v) is 4.54. The number of nitrogens with zero attached hydrogens (tertiary/aromatic N) is 3. The Hall–Kier alpha value is -1.50. The first kappa shape index (κ1) is 13.9. The molecule has 0 aliphatic rings. The summed E-state index contributed by atoms with van der Waals surface area (Å²) in [5, 5.41) is 4.55. The van der Waals surface area contributed by atoms with Crippen LogP contribution >= 0.6 is 11.6 Å². The lowest BCUT2D eigenvalue weighted by Crippen LogP contribution is -2.32. The maximum Gasteiger partial charge on any atom is 0.149 e. The van der Waals surface area contributed by atoms with E-state index in [1.54, 1.807) is 4.68 Å². The van der Waals surface area contributed by atoms with E-state index in [9.17, 15) is 4.39 Å². The van der Waals surface area contributed by atoms with Crippen LogP contribution in [0.1, 0.15) is 30.8 Å². The third kappa shape index (κ3) is 2.91. The third-order valence-corrected chi connectivity index (χ3v) is 3.01. The van der Waals surface area contributed by atoms with Crippen LogP contribution in [0.15, 0.2) is 24.5 Å². The smallest absolute Gasteiger partial charge is 0.149 e. The SMILES string of the molecule is CCCn1ncnc1C(NN)c1cc(Cl)ccc1F. The molecule has 0 fully saturated rings. The van der Waals surface area contributed by atoms with Gasteiger partial charge in [0, 0.05) is 17.1 Å². The molecule has 0 spiro atoms. The van der Waals surface area contributed by atoms with Crippen molar-refractivity contribution in [1.29, 1.82) is 0 Å². The molecule has 0 amide bonds. The Balaban J connectivity index is 2.44. The van der Waals surface area contributed by atoms with E-state index in [2.05, 4.69) is 15.5 Å². The van der Waals surface area contributed by atoms with Gasteiger partial charge in [-0.3, -0.25) is 5.84 Å².